The van der Waals surface area contributed by atoms with Crippen LogP contribution in [0.5, 0.6) is 0 Å². The molecule has 0 spiro atoms. The molecule has 100 valence electrons. The molecule has 1 amide bonds. The van der Waals surface area contributed by atoms with Crippen LogP contribution in [0.1, 0.15) is 13.3 Å². The molecule has 0 bridgehead atoms. The summed E-state index contributed by atoms with van der Waals surface area (Å²) < 4.78 is 0. The number of carbonyl (C=O) groups excluding carboxylic acids is 1. The predicted molar refractivity (Wildman–Crippen MR) is 76.8 cm³/mol. The molecular weight excluding hydrogens is 228 g/mol. The summed E-state index contributed by atoms with van der Waals surface area (Å²) in [6, 6.07) is 5.48. The van der Waals surface area contributed by atoms with E-state index in [4.69, 9.17) is 5.73 Å². The van der Waals surface area contributed by atoms with Gasteiger partial charge in [0.15, 0.2) is 0 Å². The zero-order valence-corrected chi connectivity index (χ0v) is 11.3. The molecule has 5 heteroatoms. The van der Waals surface area contributed by atoms with Crippen molar-refractivity contribution in [2.45, 2.75) is 13.3 Å². The largest absolute Gasteiger partial charge is 0.397 e. The van der Waals surface area contributed by atoms with Crippen LogP contribution in [0.15, 0.2) is 18.2 Å². The fraction of sp³-hybridized carbons (Fsp3) is 0.462. The van der Waals surface area contributed by atoms with Gasteiger partial charge in [0.1, 0.15) is 0 Å². The van der Waals surface area contributed by atoms with E-state index in [-0.39, 0.29) is 5.91 Å². The lowest BCUT2D eigenvalue weighted by atomic mass is 10.2. The van der Waals surface area contributed by atoms with Crippen molar-refractivity contribution in [3.8, 4) is 0 Å². The Morgan fingerprint density at radius 2 is 2.11 bits per heavy atom. The average molecular weight is 250 g/mol. The SMILES string of the molecule is CC(=O)Nc1ccc(NCCCN(C)C)c(N)c1. The normalized spacial score (nSPS) is 10.4. The molecule has 0 atom stereocenters. The second kappa shape index (κ2) is 6.86. The van der Waals surface area contributed by atoms with Crippen LogP contribution < -0.4 is 16.4 Å². The number of nitrogen functional groups attached to an aromatic ring is 1. The molecule has 0 saturated carbocycles. The molecule has 18 heavy (non-hydrogen) atoms. The summed E-state index contributed by atoms with van der Waals surface area (Å²) in [4.78, 5) is 13.1. The Bertz CT molecular complexity index is 404. The minimum Gasteiger partial charge on any atom is -0.397 e. The Kier molecular flexibility index (Phi) is 5.45. The quantitative estimate of drug-likeness (QED) is 0.529. The molecule has 0 aliphatic heterocycles. The molecule has 1 aromatic carbocycles. The second-order valence-corrected chi connectivity index (χ2v) is 4.57. The van der Waals surface area contributed by atoms with Crippen LogP contribution in [0.4, 0.5) is 17.1 Å². The lowest BCUT2D eigenvalue weighted by molar-refractivity contribution is -0.114. The van der Waals surface area contributed by atoms with E-state index in [1.807, 2.05) is 12.1 Å². The third-order valence-electron chi connectivity index (χ3n) is 2.47. The first-order chi connectivity index (χ1) is 8.49. The standard InChI is InChI=1S/C13H22N4O/c1-10(18)16-11-5-6-13(12(14)9-11)15-7-4-8-17(2)3/h5-6,9,15H,4,7-8,14H2,1-3H3,(H,16,18). The fourth-order valence-electron chi connectivity index (χ4n) is 1.62. The van der Waals surface area contributed by atoms with Crippen LogP contribution in [0.25, 0.3) is 0 Å². The number of nitrogens with one attached hydrogen (secondary N) is 2. The second-order valence-electron chi connectivity index (χ2n) is 4.57. The summed E-state index contributed by atoms with van der Waals surface area (Å²) in [5.74, 6) is -0.0962. The third kappa shape index (κ3) is 5.05. The first-order valence-electron chi connectivity index (χ1n) is 6.05. The van der Waals surface area contributed by atoms with Gasteiger partial charge in [-0.3, -0.25) is 4.79 Å². The molecule has 1 aromatic rings. The van der Waals surface area contributed by atoms with Gasteiger partial charge in [0.2, 0.25) is 5.91 Å². The average Bonchev–Trinajstić information content (AvgIpc) is 2.25. The zero-order chi connectivity index (χ0) is 13.5. The monoisotopic (exact) mass is 250 g/mol. The van der Waals surface area contributed by atoms with Crippen molar-refractivity contribution >= 4 is 23.0 Å². The van der Waals surface area contributed by atoms with Crippen LogP contribution >= 0.6 is 0 Å². The maximum atomic E-state index is 10.9. The van der Waals surface area contributed by atoms with Crippen molar-refractivity contribution in [3.05, 3.63) is 18.2 Å². The van der Waals surface area contributed by atoms with E-state index in [1.165, 1.54) is 6.92 Å². The Morgan fingerprint density at radius 1 is 1.39 bits per heavy atom. The molecule has 0 aliphatic carbocycles. The van der Waals surface area contributed by atoms with Gasteiger partial charge in [-0.05, 0) is 45.3 Å². The summed E-state index contributed by atoms with van der Waals surface area (Å²) in [5.41, 5.74) is 8.19. The zero-order valence-electron chi connectivity index (χ0n) is 11.3. The van der Waals surface area contributed by atoms with Gasteiger partial charge >= 0.3 is 0 Å². The van der Waals surface area contributed by atoms with Gasteiger partial charge in [-0.25, -0.2) is 0 Å². The van der Waals surface area contributed by atoms with Crippen LogP contribution in [-0.2, 0) is 4.79 Å². The van der Waals surface area contributed by atoms with E-state index < -0.39 is 0 Å². The summed E-state index contributed by atoms with van der Waals surface area (Å²) >= 11 is 0. The molecule has 0 heterocycles. The maximum Gasteiger partial charge on any atom is 0.221 e. The highest BCUT2D eigenvalue weighted by Gasteiger charge is 2.01. The number of anilines is 3. The number of hydrogen-bond donors (Lipinski definition) is 3. The van der Waals surface area contributed by atoms with Crippen molar-refractivity contribution < 1.29 is 4.79 Å². The Balaban J connectivity index is 2.49. The molecule has 5 nitrogen and oxygen atoms in total. The molecule has 1 rings (SSSR count). The van der Waals surface area contributed by atoms with Gasteiger partial charge in [0, 0.05) is 19.2 Å². The molecule has 0 radical (unpaired) electrons. The predicted octanol–water partition coefficient (Wildman–Crippen LogP) is 1.59. The molecule has 0 unspecified atom stereocenters. The van der Waals surface area contributed by atoms with Crippen molar-refractivity contribution in [1.29, 1.82) is 0 Å². The summed E-state index contributed by atoms with van der Waals surface area (Å²) in [7, 11) is 4.10. The van der Waals surface area contributed by atoms with Crippen LogP contribution in [-0.4, -0.2) is 38.0 Å². The number of nitrogens with zero attached hydrogens (tertiary/aromatic N) is 1. The van der Waals surface area contributed by atoms with Crippen molar-refractivity contribution in [1.82, 2.24) is 4.90 Å². The van der Waals surface area contributed by atoms with Crippen molar-refractivity contribution in [2.24, 2.45) is 0 Å². The summed E-state index contributed by atoms with van der Waals surface area (Å²) in [6.45, 7) is 3.39. The van der Waals surface area contributed by atoms with Gasteiger partial charge in [-0.2, -0.15) is 0 Å². The van der Waals surface area contributed by atoms with E-state index in [0.29, 0.717) is 5.69 Å². The molecule has 4 N–H and O–H groups in total. The lowest BCUT2D eigenvalue weighted by Crippen LogP contribution is -2.16. The van der Waals surface area contributed by atoms with Gasteiger partial charge in [-0.15, -0.1) is 0 Å². The molecule has 0 fully saturated rings. The fourth-order valence-corrected chi connectivity index (χ4v) is 1.62. The minimum absolute atomic E-state index is 0.0962. The van der Waals surface area contributed by atoms with Gasteiger partial charge in [-0.1, -0.05) is 0 Å². The van der Waals surface area contributed by atoms with E-state index in [1.54, 1.807) is 6.07 Å². The lowest BCUT2D eigenvalue weighted by Gasteiger charge is -2.13. The number of hydrogen-bond acceptors (Lipinski definition) is 4. The highest BCUT2D eigenvalue weighted by atomic mass is 16.1. The first kappa shape index (κ1) is 14.3. The first-order valence-corrected chi connectivity index (χ1v) is 6.05. The number of rotatable bonds is 6. The van der Waals surface area contributed by atoms with Gasteiger partial charge in [0.25, 0.3) is 0 Å². The van der Waals surface area contributed by atoms with Crippen LogP contribution in [0.3, 0.4) is 0 Å². The Labute approximate surface area is 108 Å². The van der Waals surface area contributed by atoms with E-state index >= 15 is 0 Å². The van der Waals surface area contributed by atoms with E-state index in [2.05, 4.69) is 29.6 Å². The molecular formula is C13H22N4O. The molecule has 0 aliphatic rings. The van der Waals surface area contributed by atoms with Gasteiger partial charge < -0.3 is 21.3 Å². The van der Waals surface area contributed by atoms with Crippen molar-refractivity contribution in [2.75, 3.05) is 43.6 Å². The number of carbonyl (C=O) groups is 1. The summed E-state index contributed by atoms with van der Waals surface area (Å²) in [6.07, 6.45) is 1.06. The van der Waals surface area contributed by atoms with Gasteiger partial charge in [0.05, 0.1) is 11.4 Å². The summed E-state index contributed by atoms with van der Waals surface area (Å²) in [5, 5.41) is 5.99. The van der Waals surface area contributed by atoms with Crippen LogP contribution in [0.2, 0.25) is 0 Å². The van der Waals surface area contributed by atoms with Crippen LogP contribution in [0, 0.1) is 0 Å². The number of amides is 1. The highest BCUT2D eigenvalue weighted by Crippen LogP contribution is 2.22. The Hall–Kier alpha value is -1.75. The van der Waals surface area contributed by atoms with E-state index in [0.717, 1.165) is 30.9 Å². The van der Waals surface area contributed by atoms with E-state index in [9.17, 15) is 4.79 Å². The number of nitrogens with two attached hydrogens (primary N) is 1. The smallest absolute Gasteiger partial charge is 0.221 e. The minimum atomic E-state index is -0.0962. The maximum absolute atomic E-state index is 10.9. The molecule has 0 saturated heterocycles. The topological polar surface area (TPSA) is 70.4 Å². The molecule has 0 aromatic heterocycles. The third-order valence-corrected chi connectivity index (χ3v) is 2.47. The van der Waals surface area contributed by atoms with Crippen molar-refractivity contribution in [3.63, 3.8) is 0 Å². The highest BCUT2D eigenvalue weighted by molar-refractivity contribution is 5.90. The Morgan fingerprint density at radius 3 is 2.67 bits per heavy atom. The number of benzene rings is 1.